The lowest BCUT2D eigenvalue weighted by Gasteiger charge is -2.36. The van der Waals surface area contributed by atoms with Crippen LogP contribution in [0, 0.1) is 13.8 Å². The molecular weight excluding hydrogens is 400 g/mol. The summed E-state index contributed by atoms with van der Waals surface area (Å²) in [6.07, 6.45) is 0.807. The predicted molar refractivity (Wildman–Crippen MR) is 117 cm³/mol. The van der Waals surface area contributed by atoms with Crippen molar-refractivity contribution in [3.8, 4) is 11.5 Å². The highest BCUT2D eigenvalue weighted by atomic mass is 32.1. The molecule has 1 amide bonds. The number of amides is 1. The number of aromatic nitrogens is 2. The molecule has 0 spiro atoms. The van der Waals surface area contributed by atoms with E-state index in [0.717, 1.165) is 41.4 Å². The number of hydrogen-bond acceptors (Lipinski definition) is 7. The van der Waals surface area contributed by atoms with E-state index in [1.54, 1.807) is 29.5 Å². The number of benzene rings is 1. The Hall–Kier alpha value is -2.87. The van der Waals surface area contributed by atoms with Crippen LogP contribution in [0.3, 0.4) is 0 Å². The van der Waals surface area contributed by atoms with Crippen molar-refractivity contribution in [1.29, 1.82) is 0 Å². The molecule has 5 rings (SSSR count). The van der Waals surface area contributed by atoms with Gasteiger partial charge in [-0.2, -0.15) is 0 Å². The van der Waals surface area contributed by atoms with Gasteiger partial charge in [0.15, 0.2) is 11.5 Å². The molecule has 0 radical (unpaired) electrons. The Morgan fingerprint density at radius 1 is 1.10 bits per heavy atom. The number of nitrogens with zero attached hydrogens (tertiary/aromatic N) is 4. The van der Waals surface area contributed by atoms with Crippen LogP contribution in [-0.2, 0) is 6.42 Å². The molecule has 0 unspecified atom stereocenters. The third kappa shape index (κ3) is 3.15. The first-order valence-corrected chi connectivity index (χ1v) is 11.1. The summed E-state index contributed by atoms with van der Waals surface area (Å²) < 4.78 is 10.8. The number of carbonyl (C=O) groups excluding carboxylic acids is 1. The highest BCUT2D eigenvalue weighted by molar-refractivity contribution is 7.18. The summed E-state index contributed by atoms with van der Waals surface area (Å²) in [6, 6.07) is 5.38. The lowest BCUT2D eigenvalue weighted by molar-refractivity contribution is 0.0746. The summed E-state index contributed by atoms with van der Waals surface area (Å²) in [7, 11) is 0. The molecule has 0 bridgehead atoms. The molecule has 156 valence electrons. The van der Waals surface area contributed by atoms with Gasteiger partial charge in [-0.25, -0.2) is 9.97 Å². The van der Waals surface area contributed by atoms with Gasteiger partial charge in [0.05, 0.1) is 5.39 Å². The third-order valence-corrected chi connectivity index (χ3v) is 6.96. The molecular formula is C22H24N4O3S. The maximum Gasteiger partial charge on any atom is 0.254 e. The number of thiophene rings is 1. The van der Waals surface area contributed by atoms with E-state index in [-0.39, 0.29) is 12.7 Å². The maximum absolute atomic E-state index is 13.0. The van der Waals surface area contributed by atoms with Gasteiger partial charge < -0.3 is 19.3 Å². The van der Waals surface area contributed by atoms with E-state index in [1.165, 1.54) is 10.4 Å². The zero-order valence-electron chi connectivity index (χ0n) is 17.4. The minimum Gasteiger partial charge on any atom is -0.454 e. The SMILES string of the molecule is CCc1nc(N2CCN(C(=O)c3ccc4c(c3)OCO4)CC2)c2c(C)c(C)sc2n1. The zero-order chi connectivity index (χ0) is 20.8. The van der Waals surface area contributed by atoms with E-state index in [9.17, 15) is 4.79 Å². The number of piperazine rings is 1. The molecule has 0 atom stereocenters. The molecule has 30 heavy (non-hydrogen) atoms. The lowest BCUT2D eigenvalue weighted by Crippen LogP contribution is -2.49. The Morgan fingerprint density at radius 3 is 2.63 bits per heavy atom. The van der Waals surface area contributed by atoms with Gasteiger partial charge in [-0.05, 0) is 37.6 Å². The molecule has 0 N–H and O–H groups in total. The summed E-state index contributed by atoms with van der Waals surface area (Å²) in [5.74, 6) is 3.24. The molecule has 4 heterocycles. The summed E-state index contributed by atoms with van der Waals surface area (Å²) in [4.78, 5) is 29.2. The number of aryl methyl sites for hydroxylation is 3. The minimum atomic E-state index is 0.0255. The fourth-order valence-corrected chi connectivity index (χ4v) is 5.03. The Bertz CT molecular complexity index is 1140. The highest BCUT2D eigenvalue weighted by Gasteiger charge is 2.27. The third-order valence-electron chi connectivity index (χ3n) is 5.86. The molecule has 8 heteroatoms. The second kappa shape index (κ2) is 7.43. The average Bonchev–Trinajstić information content (AvgIpc) is 3.36. The first kappa shape index (κ1) is 19.1. The molecule has 0 aliphatic carbocycles. The van der Waals surface area contributed by atoms with E-state index in [2.05, 4.69) is 25.7 Å². The Labute approximate surface area is 179 Å². The smallest absolute Gasteiger partial charge is 0.254 e. The van der Waals surface area contributed by atoms with Crippen LogP contribution in [0.5, 0.6) is 11.5 Å². The van der Waals surface area contributed by atoms with Crippen LogP contribution >= 0.6 is 11.3 Å². The number of fused-ring (bicyclic) bond motifs is 2. The van der Waals surface area contributed by atoms with Crippen LogP contribution in [0.4, 0.5) is 5.82 Å². The van der Waals surface area contributed by atoms with Crippen molar-refractivity contribution >= 4 is 33.3 Å². The Kier molecular flexibility index (Phi) is 4.73. The van der Waals surface area contributed by atoms with E-state index in [4.69, 9.17) is 19.4 Å². The number of hydrogen-bond donors (Lipinski definition) is 0. The monoisotopic (exact) mass is 424 g/mol. The number of carbonyl (C=O) groups is 1. The van der Waals surface area contributed by atoms with Gasteiger partial charge in [-0.3, -0.25) is 4.79 Å². The highest BCUT2D eigenvalue weighted by Crippen LogP contribution is 2.36. The molecule has 0 saturated carbocycles. The number of rotatable bonds is 3. The van der Waals surface area contributed by atoms with Crippen molar-refractivity contribution in [3.05, 3.63) is 40.0 Å². The van der Waals surface area contributed by atoms with E-state index in [0.29, 0.717) is 30.2 Å². The summed E-state index contributed by atoms with van der Waals surface area (Å²) in [5, 5.41) is 1.16. The Morgan fingerprint density at radius 2 is 1.87 bits per heavy atom. The molecule has 2 aliphatic heterocycles. The van der Waals surface area contributed by atoms with Crippen LogP contribution in [0.15, 0.2) is 18.2 Å². The molecule has 3 aromatic rings. The zero-order valence-corrected chi connectivity index (χ0v) is 18.2. The largest absolute Gasteiger partial charge is 0.454 e. The first-order chi connectivity index (χ1) is 14.5. The summed E-state index contributed by atoms with van der Waals surface area (Å²) >= 11 is 1.73. The van der Waals surface area contributed by atoms with Crippen LogP contribution in [0.1, 0.15) is 33.5 Å². The summed E-state index contributed by atoms with van der Waals surface area (Å²) in [5.41, 5.74) is 1.89. The van der Waals surface area contributed by atoms with Gasteiger partial charge in [-0.15, -0.1) is 11.3 Å². The van der Waals surface area contributed by atoms with Crippen molar-refractivity contribution in [2.75, 3.05) is 37.9 Å². The predicted octanol–water partition coefficient (Wildman–Crippen LogP) is 3.56. The second-order valence-electron chi connectivity index (χ2n) is 7.63. The van der Waals surface area contributed by atoms with Crippen molar-refractivity contribution in [1.82, 2.24) is 14.9 Å². The van der Waals surface area contributed by atoms with Crippen molar-refractivity contribution in [2.45, 2.75) is 27.2 Å². The van der Waals surface area contributed by atoms with Crippen LogP contribution in [-0.4, -0.2) is 53.7 Å². The van der Waals surface area contributed by atoms with Crippen molar-refractivity contribution < 1.29 is 14.3 Å². The second-order valence-corrected chi connectivity index (χ2v) is 8.83. The van der Waals surface area contributed by atoms with Gasteiger partial charge in [-0.1, -0.05) is 6.92 Å². The van der Waals surface area contributed by atoms with Crippen LogP contribution < -0.4 is 14.4 Å². The molecule has 1 aromatic carbocycles. The standard InChI is InChI=1S/C22H24N4O3S/c1-4-18-23-20(19-13(2)14(3)30-21(19)24-18)25-7-9-26(10-8-25)22(27)15-5-6-16-17(11-15)29-12-28-16/h5-6,11H,4,7-10,12H2,1-3H3. The van der Waals surface area contributed by atoms with Gasteiger partial charge in [0, 0.05) is 43.0 Å². The number of ether oxygens (including phenoxy) is 2. The average molecular weight is 425 g/mol. The first-order valence-electron chi connectivity index (χ1n) is 10.3. The lowest BCUT2D eigenvalue weighted by atomic mass is 10.1. The van der Waals surface area contributed by atoms with E-state index >= 15 is 0 Å². The molecule has 2 aromatic heterocycles. The molecule has 1 saturated heterocycles. The van der Waals surface area contributed by atoms with Crippen LogP contribution in [0.2, 0.25) is 0 Å². The fourth-order valence-electron chi connectivity index (χ4n) is 3.99. The quantitative estimate of drug-likeness (QED) is 0.640. The molecule has 2 aliphatic rings. The summed E-state index contributed by atoms with van der Waals surface area (Å²) in [6.45, 7) is 9.39. The van der Waals surface area contributed by atoms with Crippen molar-refractivity contribution in [3.63, 3.8) is 0 Å². The number of anilines is 1. The molecule has 7 nitrogen and oxygen atoms in total. The normalized spacial score (nSPS) is 15.8. The fraction of sp³-hybridized carbons (Fsp3) is 0.409. The van der Waals surface area contributed by atoms with Gasteiger partial charge in [0.1, 0.15) is 16.5 Å². The van der Waals surface area contributed by atoms with Gasteiger partial charge in [0.25, 0.3) is 5.91 Å². The maximum atomic E-state index is 13.0. The topological polar surface area (TPSA) is 67.8 Å². The minimum absolute atomic E-state index is 0.0255. The van der Waals surface area contributed by atoms with Gasteiger partial charge >= 0.3 is 0 Å². The van der Waals surface area contributed by atoms with Crippen molar-refractivity contribution in [2.24, 2.45) is 0 Å². The van der Waals surface area contributed by atoms with E-state index < -0.39 is 0 Å². The Balaban J connectivity index is 1.37. The molecule has 1 fully saturated rings. The van der Waals surface area contributed by atoms with Crippen LogP contribution in [0.25, 0.3) is 10.2 Å². The van der Waals surface area contributed by atoms with E-state index in [1.807, 2.05) is 4.90 Å². The van der Waals surface area contributed by atoms with Gasteiger partial charge in [0.2, 0.25) is 6.79 Å².